The van der Waals surface area contributed by atoms with Crippen molar-refractivity contribution in [1.82, 2.24) is 4.72 Å². The van der Waals surface area contributed by atoms with Gasteiger partial charge in [0.15, 0.2) is 0 Å². The molecule has 1 aliphatic carbocycles. The average Bonchev–Trinajstić information content (AvgIpc) is 2.56. The topological polar surface area (TPSA) is 46.2 Å². The maximum Gasteiger partial charge on any atom is 0.240 e. The molecule has 0 radical (unpaired) electrons. The minimum atomic E-state index is -3.36. The van der Waals surface area contributed by atoms with Gasteiger partial charge in [0.05, 0.1) is 4.90 Å². The Hall–Kier alpha value is -0.870. The Bertz CT molecular complexity index is 470. The highest BCUT2D eigenvalue weighted by atomic mass is 32.2. The van der Waals surface area contributed by atoms with Crippen LogP contribution in [-0.2, 0) is 10.0 Å². The third-order valence-corrected chi connectivity index (χ3v) is 5.23. The molecular weight excluding hydrogens is 246 g/mol. The van der Waals surface area contributed by atoms with Crippen molar-refractivity contribution in [3.05, 3.63) is 30.3 Å². The Morgan fingerprint density at radius 1 is 1.06 bits per heavy atom. The quantitative estimate of drug-likeness (QED) is 0.856. The summed E-state index contributed by atoms with van der Waals surface area (Å²) in [5.41, 5.74) is 0. The predicted molar refractivity (Wildman–Crippen MR) is 72.8 cm³/mol. The van der Waals surface area contributed by atoms with Crippen molar-refractivity contribution in [3.8, 4) is 0 Å². The second-order valence-corrected chi connectivity index (χ2v) is 6.87. The number of hydrogen-bond acceptors (Lipinski definition) is 2. The summed E-state index contributed by atoms with van der Waals surface area (Å²) in [5, 5.41) is 0. The van der Waals surface area contributed by atoms with Gasteiger partial charge in [-0.15, -0.1) is 0 Å². The van der Waals surface area contributed by atoms with E-state index in [1.54, 1.807) is 24.3 Å². The lowest BCUT2D eigenvalue weighted by Crippen LogP contribution is -2.38. The van der Waals surface area contributed by atoms with Gasteiger partial charge in [-0.05, 0) is 30.9 Å². The van der Waals surface area contributed by atoms with Crippen LogP contribution < -0.4 is 4.72 Å². The third kappa shape index (κ3) is 3.33. The molecule has 0 bridgehead atoms. The lowest BCUT2D eigenvalue weighted by molar-refractivity contribution is 0.399. The number of benzene rings is 1. The van der Waals surface area contributed by atoms with Crippen LogP contribution in [0.25, 0.3) is 0 Å². The first-order chi connectivity index (χ1) is 8.59. The molecule has 4 heteroatoms. The summed E-state index contributed by atoms with van der Waals surface area (Å²) in [5.74, 6) is 0.422. The molecule has 1 aromatic rings. The second kappa shape index (κ2) is 5.85. The summed E-state index contributed by atoms with van der Waals surface area (Å²) < 4.78 is 27.4. The molecule has 0 aliphatic heterocycles. The molecule has 18 heavy (non-hydrogen) atoms. The van der Waals surface area contributed by atoms with E-state index in [2.05, 4.69) is 11.6 Å². The molecule has 0 aromatic heterocycles. The molecule has 100 valence electrons. The van der Waals surface area contributed by atoms with Crippen LogP contribution in [0, 0.1) is 5.92 Å². The maximum atomic E-state index is 12.2. The first-order valence-corrected chi connectivity index (χ1v) is 8.15. The van der Waals surface area contributed by atoms with E-state index in [9.17, 15) is 8.42 Å². The summed E-state index contributed by atoms with van der Waals surface area (Å²) in [6, 6.07) is 8.70. The van der Waals surface area contributed by atoms with Crippen LogP contribution in [0.1, 0.15) is 39.0 Å². The van der Waals surface area contributed by atoms with E-state index in [0.717, 1.165) is 19.3 Å². The van der Waals surface area contributed by atoms with Gasteiger partial charge >= 0.3 is 0 Å². The number of sulfonamides is 1. The Labute approximate surface area is 110 Å². The largest absolute Gasteiger partial charge is 0.240 e. The lowest BCUT2D eigenvalue weighted by atomic mass is 9.98. The standard InChI is InChI=1S/C14H21NO2S/c1-12-8-4-2-7-11-14(12)15-18(16,17)13-9-5-3-6-10-13/h3,5-6,9-10,12,14-15H,2,4,7-8,11H2,1H3. The van der Waals surface area contributed by atoms with Crippen molar-refractivity contribution in [2.45, 2.75) is 50.0 Å². The first-order valence-electron chi connectivity index (χ1n) is 6.67. The average molecular weight is 267 g/mol. The Morgan fingerprint density at radius 3 is 2.44 bits per heavy atom. The fourth-order valence-electron chi connectivity index (χ4n) is 2.54. The van der Waals surface area contributed by atoms with Gasteiger partial charge in [0.25, 0.3) is 0 Å². The SMILES string of the molecule is CC1CCCCCC1NS(=O)(=O)c1ccccc1. The van der Waals surface area contributed by atoms with Crippen molar-refractivity contribution in [2.75, 3.05) is 0 Å². The molecule has 0 amide bonds. The van der Waals surface area contributed by atoms with Crippen molar-refractivity contribution in [1.29, 1.82) is 0 Å². The van der Waals surface area contributed by atoms with E-state index in [-0.39, 0.29) is 6.04 Å². The molecule has 0 heterocycles. The van der Waals surface area contributed by atoms with Gasteiger partial charge in [0.1, 0.15) is 0 Å². The molecule has 0 spiro atoms. The van der Waals surface area contributed by atoms with Crippen LogP contribution in [0.3, 0.4) is 0 Å². The normalized spacial score (nSPS) is 25.6. The van der Waals surface area contributed by atoms with Crippen LogP contribution in [0.4, 0.5) is 0 Å². The molecule has 2 rings (SSSR count). The summed E-state index contributed by atoms with van der Waals surface area (Å²) in [7, 11) is -3.36. The first kappa shape index (κ1) is 13.6. The molecule has 1 N–H and O–H groups in total. The molecule has 1 aromatic carbocycles. The van der Waals surface area contributed by atoms with Gasteiger partial charge in [0.2, 0.25) is 10.0 Å². The van der Waals surface area contributed by atoms with E-state index < -0.39 is 10.0 Å². The van der Waals surface area contributed by atoms with E-state index in [4.69, 9.17) is 0 Å². The number of nitrogens with one attached hydrogen (secondary N) is 1. The minimum absolute atomic E-state index is 0.0812. The van der Waals surface area contributed by atoms with E-state index in [1.165, 1.54) is 12.8 Å². The van der Waals surface area contributed by atoms with Crippen LogP contribution in [0.2, 0.25) is 0 Å². The van der Waals surface area contributed by atoms with Gasteiger partial charge in [0, 0.05) is 6.04 Å². The Kier molecular flexibility index (Phi) is 4.40. The second-order valence-electron chi connectivity index (χ2n) is 5.16. The highest BCUT2D eigenvalue weighted by molar-refractivity contribution is 7.89. The molecule has 3 nitrogen and oxygen atoms in total. The molecule has 1 fully saturated rings. The van der Waals surface area contributed by atoms with Crippen molar-refractivity contribution in [3.63, 3.8) is 0 Å². The molecule has 1 aliphatic rings. The third-order valence-electron chi connectivity index (χ3n) is 3.72. The van der Waals surface area contributed by atoms with Crippen LogP contribution in [0.15, 0.2) is 35.2 Å². The number of hydrogen-bond donors (Lipinski definition) is 1. The van der Waals surface area contributed by atoms with Crippen LogP contribution in [-0.4, -0.2) is 14.5 Å². The summed E-state index contributed by atoms with van der Waals surface area (Å²) >= 11 is 0. The minimum Gasteiger partial charge on any atom is -0.208 e. The summed E-state index contributed by atoms with van der Waals surface area (Å²) in [6.07, 6.45) is 5.61. The zero-order valence-corrected chi connectivity index (χ0v) is 11.6. The highest BCUT2D eigenvalue weighted by Crippen LogP contribution is 2.24. The lowest BCUT2D eigenvalue weighted by Gasteiger charge is -2.22. The molecular formula is C14H21NO2S. The monoisotopic (exact) mass is 267 g/mol. The summed E-state index contributed by atoms with van der Waals surface area (Å²) in [4.78, 5) is 0.362. The maximum absolute atomic E-state index is 12.2. The zero-order valence-electron chi connectivity index (χ0n) is 10.8. The van der Waals surface area contributed by atoms with Crippen molar-refractivity contribution < 1.29 is 8.42 Å². The smallest absolute Gasteiger partial charge is 0.208 e. The summed E-state index contributed by atoms with van der Waals surface area (Å²) in [6.45, 7) is 2.14. The predicted octanol–water partition coefficient (Wildman–Crippen LogP) is 2.93. The Balaban J connectivity index is 2.12. The van der Waals surface area contributed by atoms with E-state index in [0.29, 0.717) is 10.8 Å². The Morgan fingerprint density at radius 2 is 1.72 bits per heavy atom. The van der Waals surface area contributed by atoms with Crippen molar-refractivity contribution >= 4 is 10.0 Å². The van der Waals surface area contributed by atoms with E-state index >= 15 is 0 Å². The molecule has 0 saturated heterocycles. The van der Waals surface area contributed by atoms with Gasteiger partial charge in [-0.1, -0.05) is 44.4 Å². The van der Waals surface area contributed by atoms with Crippen LogP contribution >= 0.6 is 0 Å². The van der Waals surface area contributed by atoms with Crippen molar-refractivity contribution in [2.24, 2.45) is 5.92 Å². The molecule has 2 atom stereocenters. The van der Waals surface area contributed by atoms with Gasteiger partial charge < -0.3 is 0 Å². The zero-order chi connectivity index (χ0) is 13.0. The fraction of sp³-hybridized carbons (Fsp3) is 0.571. The fourth-order valence-corrected chi connectivity index (χ4v) is 3.94. The van der Waals surface area contributed by atoms with Gasteiger partial charge in [-0.2, -0.15) is 0 Å². The molecule has 2 unspecified atom stereocenters. The molecule has 1 saturated carbocycles. The highest BCUT2D eigenvalue weighted by Gasteiger charge is 2.25. The van der Waals surface area contributed by atoms with Gasteiger partial charge in [-0.3, -0.25) is 0 Å². The van der Waals surface area contributed by atoms with Gasteiger partial charge in [-0.25, -0.2) is 13.1 Å². The van der Waals surface area contributed by atoms with E-state index in [1.807, 2.05) is 6.07 Å². The number of rotatable bonds is 3. The van der Waals surface area contributed by atoms with Crippen LogP contribution in [0.5, 0.6) is 0 Å².